The van der Waals surface area contributed by atoms with Gasteiger partial charge in [0.15, 0.2) is 0 Å². The number of benzene rings is 1. The number of urea groups is 1. The molecule has 0 aliphatic carbocycles. The third kappa shape index (κ3) is 3.21. The summed E-state index contributed by atoms with van der Waals surface area (Å²) in [6.45, 7) is 0.342. The van der Waals surface area contributed by atoms with E-state index in [-0.39, 0.29) is 31.6 Å². The van der Waals surface area contributed by atoms with Gasteiger partial charge in [-0.2, -0.15) is 13.2 Å². The van der Waals surface area contributed by atoms with Crippen LogP contribution in [0.4, 0.5) is 29.3 Å². The molecule has 0 bridgehead atoms. The SMILES string of the molecule is O=C(N1CC(CO)C1)N1CCN(CC(F)(F)F)c2ccccc21. The fourth-order valence-electron chi connectivity index (χ4n) is 3.01. The monoisotopic (exact) mass is 329 g/mol. The van der Waals surface area contributed by atoms with Gasteiger partial charge in [-0.15, -0.1) is 0 Å². The molecule has 23 heavy (non-hydrogen) atoms. The summed E-state index contributed by atoms with van der Waals surface area (Å²) >= 11 is 0. The Hall–Kier alpha value is -1.96. The Balaban J connectivity index is 1.79. The lowest BCUT2D eigenvalue weighted by Crippen LogP contribution is -2.58. The van der Waals surface area contributed by atoms with E-state index in [1.807, 2.05) is 0 Å². The summed E-state index contributed by atoms with van der Waals surface area (Å²) in [5.41, 5.74) is 0.920. The number of carbonyl (C=O) groups is 1. The predicted molar refractivity (Wildman–Crippen MR) is 79.6 cm³/mol. The van der Waals surface area contributed by atoms with Crippen LogP contribution in [0, 0.1) is 5.92 Å². The molecule has 0 unspecified atom stereocenters. The number of anilines is 2. The van der Waals surface area contributed by atoms with Crippen molar-refractivity contribution in [2.75, 3.05) is 49.1 Å². The minimum absolute atomic E-state index is 0.0414. The average Bonchev–Trinajstić information content (AvgIpc) is 2.45. The molecule has 2 heterocycles. The van der Waals surface area contributed by atoms with Crippen LogP contribution in [0.15, 0.2) is 24.3 Å². The van der Waals surface area contributed by atoms with E-state index in [1.165, 1.54) is 9.80 Å². The van der Waals surface area contributed by atoms with Crippen molar-refractivity contribution < 1.29 is 23.1 Å². The second-order valence-corrected chi connectivity index (χ2v) is 5.91. The molecule has 0 aromatic heterocycles. The molecule has 2 aliphatic heterocycles. The number of fused-ring (bicyclic) bond motifs is 1. The van der Waals surface area contributed by atoms with E-state index in [1.54, 1.807) is 29.2 Å². The highest BCUT2D eigenvalue weighted by Crippen LogP contribution is 2.35. The summed E-state index contributed by atoms with van der Waals surface area (Å²) in [5, 5.41) is 9.03. The number of hydrogen-bond donors (Lipinski definition) is 1. The van der Waals surface area contributed by atoms with Crippen LogP contribution in [-0.2, 0) is 0 Å². The van der Waals surface area contributed by atoms with E-state index in [0.717, 1.165) is 0 Å². The molecule has 1 aromatic rings. The summed E-state index contributed by atoms with van der Waals surface area (Å²) in [6, 6.07) is 6.44. The van der Waals surface area contributed by atoms with Crippen molar-refractivity contribution in [3.8, 4) is 0 Å². The van der Waals surface area contributed by atoms with Crippen LogP contribution in [-0.4, -0.2) is 61.5 Å². The zero-order valence-electron chi connectivity index (χ0n) is 12.5. The third-order valence-corrected chi connectivity index (χ3v) is 4.19. The van der Waals surface area contributed by atoms with Crippen LogP contribution in [0.2, 0.25) is 0 Å². The number of para-hydroxylation sites is 2. The molecule has 0 radical (unpaired) electrons. The quantitative estimate of drug-likeness (QED) is 0.902. The van der Waals surface area contributed by atoms with E-state index >= 15 is 0 Å². The Bertz CT molecular complexity index is 588. The second-order valence-electron chi connectivity index (χ2n) is 5.91. The molecule has 126 valence electrons. The minimum Gasteiger partial charge on any atom is -0.396 e. The van der Waals surface area contributed by atoms with Gasteiger partial charge in [0.25, 0.3) is 0 Å². The van der Waals surface area contributed by atoms with Crippen molar-refractivity contribution in [3.05, 3.63) is 24.3 Å². The van der Waals surface area contributed by atoms with Gasteiger partial charge in [-0.3, -0.25) is 4.90 Å². The van der Waals surface area contributed by atoms with Crippen LogP contribution < -0.4 is 9.80 Å². The standard InChI is InChI=1S/C15H18F3N3O2/c16-15(17,18)10-19-5-6-21(13-4-2-1-3-12(13)19)14(23)20-7-11(8-20)9-22/h1-4,11,22H,5-10H2. The van der Waals surface area contributed by atoms with Gasteiger partial charge >= 0.3 is 12.2 Å². The van der Waals surface area contributed by atoms with Gasteiger partial charge in [-0.25, -0.2) is 4.79 Å². The van der Waals surface area contributed by atoms with Crippen LogP contribution in [0.1, 0.15) is 0 Å². The smallest absolute Gasteiger partial charge is 0.396 e. The lowest BCUT2D eigenvalue weighted by molar-refractivity contribution is -0.119. The number of aliphatic hydroxyl groups excluding tert-OH is 1. The molecule has 5 nitrogen and oxygen atoms in total. The zero-order valence-corrected chi connectivity index (χ0v) is 12.5. The molecule has 1 saturated heterocycles. The van der Waals surface area contributed by atoms with Gasteiger partial charge in [0.1, 0.15) is 6.54 Å². The number of aliphatic hydroxyl groups is 1. The maximum atomic E-state index is 12.7. The average molecular weight is 329 g/mol. The first-order valence-electron chi connectivity index (χ1n) is 7.47. The maximum absolute atomic E-state index is 12.7. The topological polar surface area (TPSA) is 47.0 Å². The van der Waals surface area contributed by atoms with Gasteiger partial charge in [-0.05, 0) is 12.1 Å². The first-order chi connectivity index (χ1) is 10.9. The first kappa shape index (κ1) is 15.9. The van der Waals surface area contributed by atoms with Crippen molar-refractivity contribution in [2.45, 2.75) is 6.18 Å². The van der Waals surface area contributed by atoms with Crippen LogP contribution in [0.5, 0.6) is 0 Å². The molecule has 0 saturated carbocycles. The van der Waals surface area contributed by atoms with Crippen molar-refractivity contribution >= 4 is 17.4 Å². The number of alkyl halides is 3. The minimum atomic E-state index is -4.29. The highest BCUT2D eigenvalue weighted by molar-refractivity contribution is 5.97. The number of hydrogen-bond acceptors (Lipinski definition) is 3. The summed E-state index contributed by atoms with van der Waals surface area (Å²) in [4.78, 5) is 16.9. The zero-order chi connectivity index (χ0) is 16.6. The lowest BCUT2D eigenvalue weighted by Gasteiger charge is -2.44. The second kappa shape index (κ2) is 5.92. The first-order valence-corrected chi connectivity index (χ1v) is 7.47. The van der Waals surface area contributed by atoms with Crippen molar-refractivity contribution in [1.82, 2.24) is 4.90 Å². The van der Waals surface area contributed by atoms with E-state index in [2.05, 4.69) is 0 Å². The summed E-state index contributed by atoms with van der Waals surface area (Å²) in [7, 11) is 0. The number of carbonyl (C=O) groups excluding carboxylic acids is 1. The molecular weight excluding hydrogens is 311 g/mol. The molecule has 0 atom stereocenters. The van der Waals surface area contributed by atoms with E-state index in [0.29, 0.717) is 24.5 Å². The number of halogens is 3. The van der Waals surface area contributed by atoms with Crippen LogP contribution in [0.25, 0.3) is 0 Å². The maximum Gasteiger partial charge on any atom is 0.405 e. The number of amides is 2. The van der Waals surface area contributed by atoms with E-state index < -0.39 is 12.7 Å². The van der Waals surface area contributed by atoms with Gasteiger partial charge in [0, 0.05) is 38.7 Å². The molecule has 1 fully saturated rings. The largest absolute Gasteiger partial charge is 0.405 e. The van der Waals surface area contributed by atoms with Gasteiger partial charge in [0.2, 0.25) is 0 Å². The Morgan fingerprint density at radius 2 is 1.83 bits per heavy atom. The van der Waals surface area contributed by atoms with Crippen molar-refractivity contribution in [2.24, 2.45) is 5.92 Å². The summed E-state index contributed by atoms with van der Waals surface area (Å²) < 4.78 is 38.1. The molecule has 1 aromatic carbocycles. The fourth-order valence-corrected chi connectivity index (χ4v) is 3.01. The summed E-state index contributed by atoms with van der Waals surface area (Å²) in [6.07, 6.45) is -4.29. The van der Waals surface area contributed by atoms with Gasteiger partial charge in [0.05, 0.1) is 11.4 Å². The van der Waals surface area contributed by atoms with E-state index in [9.17, 15) is 18.0 Å². The molecule has 2 aliphatic rings. The molecule has 8 heteroatoms. The Morgan fingerprint density at radius 1 is 1.17 bits per heavy atom. The third-order valence-electron chi connectivity index (χ3n) is 4.19. The molecule has 0 spiro atoms. The molecule has 1 N–H and O–H groups in total. The van der Waals surface area contributed by atoms with Crippen LogP contribution in [0.3, 0.4) is 0 Å². The lowest BCUT2D eigenvalue weighted by atomic mass is 10.0. The number of likely N-dealkylation sites (tertiary alicyclic amines) is 1. The molecule has 2 amide bonds. The number of rotatable bonds is 2. The number of nitrogens with zero attached hydrogens (tertiary/aromatic N) is 3. The van der Waals surface area contributed by atoms with E-state index in [4.69, 9.17) is 5.11 Å². The fraction of sp³-hybridized carbons (Fsp3) is 0.533. The highest BCUT2D eigenvalue weighted by Gasteiger charge is 2.38. The van der Waals surface area contributed by atoms with Gasteiger partial charge < -0.3 is 14.9 Å². The van der Waals surface area contributed by atoms with Crippen molar-refractivity contribution in [3.63, 3.8) is 0 Å². The summed E-state index contributed by atoms with van der Waals surface area (Å²) in [5.74, 6) is 0.0979. The van der Waals surface area contributed by atoms with Crippen molar-refractivity contribution in [1.29, 1.82) is 0 Å². The highest BCUT2D eigenvalue weighted by atomic mass is 19.4. The predicted octanol–water partition coefficient (Wildman–Crippen LogP) is 1.92. The van der Waals surface area contributed by atoms with Crippen LogP contribution >= 0.6 is 0 Å². The Kier molecular flexibility index (Phi) is 4.09. The molecular formula is C15H18F3N3O2. The van der Waals surface area contributed by atoms with Gasteiger partial charge in [-0.1, -0.05) is 12.1 Å². The Morgan fingerprint density at radius 3 is 2.43 bits per heavy atom. The Labute approximate surface area is 131 Å². The molecule has 3 rings (SSSR count). The normalized spacial score (nSPS) is 18.7.